The summed E-state index contributed by atoms with van der Waals surface area (Å²) in [4.78, 5) is 22.5. The molecule has 0 radical (unpaired) electrons. The van der Waals surface area contributed by atoms with Gasteiger partial charge in [-0.05, 0) is 6.42 Å². The van der Waals surface area contributed by atoms with E-state index in [2.05, 4.69) is 6.92 Å². The highest BCUT2D eigenvalue weighted by Crippen LogP contribution is 2.26. The van der Waals surface area contributed by atoms with Gasteiger partial charge >= 0.3 is 11.9 Å². The molecule has 0 rings (SSSR count). The SMILES string of the molecule is CCCCCCCC(CC(=O)OCC(Cl)(Cl)Cl)C(=O)O. The van der Waals surface area contributed by atoms with E-state index in [4.69, 9.17) is 44.6 Å². The van der Waals surface area contributed by atoms with Crippen LogP contribution in [0.15, 0.2) is 0 Å². The van der Waals surface area contributed by atoms with Gasteiger partial charge in [0.1, 0.15) is 6.61 Å². The minimum absolute atomic E-state index is 0.191. The van der Waals surface area contributed by atoms with Crippen molar-refractivity contribution in [2.45, 2.75) is 55.7 Å². The minimum Gasteiger partial charge on any atom is -0.481 e. The van der Waals surface area contributed by atoms with Crippen molar-refractivity contribution in [3.63, 3.8) is 0 Å². The largest absolute Gasteiger partial charge is 0.481 e. The van der Waals surface area contributed by atoms with Crippen molar-refractivity contribution in [3.05, 3.63) is 0 Å². The first-order chi connectivity index (χ1) is 9.26. The normalized spacial score (nSPS) is 13.0. The lowest BCUT2D eigenvalue weighted by molar-refractivity contribution is -0.151. The topological polar surface area (TPSA) is 63.6 Å². The van der Waals surface area contributed by atoms with Gasteiger partial charge in [0.2, 0.25) is 3.79 Å². The number of carbonyl (C=O) groups is 2. The molecule has 0 heterocycles. The average molecular weight is 348 g/mol. The third-order valence-corrected chi connectivity index (χ3v) is 3.14. The third kappa shape index (κ3) is 11.6. The molecule has 0 aliphatic carbocycles. The summed E-state index contributed by atoms with van der Waals surface area (Å²) in [6, 6.07) is 0. The van der Waals surface area contributed by atoms with Crippen LogP contribution in [-0.2, 0) is 14.3 Å². The first kappa shape index (κ1) is 19.8. The van der Waals surface area contributed by atoms with Gasteiger partial charge in [-0.3, -0.25) is 9.59 Å². The molecule has 0 saturated heterocycles. The molecule has 118 valence electrons. The minimum atomic E-state index is -1.67. The Bertz CT molecular complexity index is 302. The zero-order valence-electron chi connectivity index (χ0n) is 11.5. The Kier molecular flexibility index (Phi) is 10.4. The Balaban J connectivity index is 4.01. The number of carboxylic acids is 1. The number of carboxylic acid groups (broad SMARTS) is 1. The second-order valence-corrected chi connectivity index (χ2v) is 7.23. The number of rotatable bonds is 10. The van der Waals surface area contributed by atoms with Crippen molar-refractivity contribution < 1.29 is 19.4 Å². The lowest BCUT2D eigenvalue weighted by Gasteiger charge is -2.14. The first-order valence-corrected chi connectivity index (χ1v) is 7.84. The number of hydrogen-bond acceptors (Lipinski definition) is 3. The highest BCUT2D eigenvalue weighted by atomic mass is 35.6. The monoisotopic (exact) mass is 346 g/mol. The molecule has 0 aromatic heterocycles. The number of ether oxygens (including phenoxy) is 1. The maximum atomic E-state index is 11.5. The highest BCUT2D eigenvalue weighted by Gasteiger charge is 2.25. The van der Waals surface area contributed by atoms with Crippen LogP contribution >= 0.6 is 34.8 Å². The molecule has 7 heteroatoms. The molecule has 0 saturated carbocycles. The fourth-order valence-corrected chi connectivity index (χ4v) is 1.89. The Hall–Kier alpha value is -0.190. The second kappa shape index (κ2) is 10.5. The van der Waals surface area contributed by atoms with Crippen molar-refractivity contribution in [2.75, 3.05) is 6.61 Å². The quantitative estimate of drug-likeness (QED) is 0.362. The molecule has 0 aliphatic heterocycles. The van der Waals surface area contributed by atoms with E-state index in [-0.39, 0.29) is 13.0 Å². The molecule has 0 amide bonds. The van der Waals surface area contributed by atoms with Crippen molar-refractivity contribution in [2.24, 2.45) is 5.92 Å². The molecule has 0 aliphatic rings. The van der Waals surface area contributed by atoms with Gasteiger partial charge in [-0.1, -0.05) is 73.8 Å². The van der Waals surface area contributed by atoms with Crippen LogP contribution in [0.5, 0.6) is 0 Å². The number of unbranched alkanes of at least 4 members (excludes halogenated alkanes) is 4. The molecule has 1 atom stereocenters. The van der Waals surface area contributed by atoms with Crippen LogP contribution in [-0.4, -0.2) is 27.4 Å². The van der Waals surface area contributed by atoms with E-state index in [0.29, 0.717) is 6.42 Å². The number of aliphatic carboxylic acids is 1. The van der Waals surface area contributed by atoms with Crippen molar-refractivity contribution >= 4 is 46.7 Å². The number of carbonyl (C=O) groups excluding carboxylic acids is 1. The summed E-state index contributed by atoms with van der Waals surface area (Å²) in [7, 11) is 0. The molecule has 4 nitrogen and oxygen atoms in total. The summed E-state index contributed by atoms with van der Waals surface area (Å²) in [6.07, 6.45) is 5.39. The van der Waals surface area contributed by atoms with E-state index in [1.165, 1.54) is 0 Å². The van der Waals surface area contributed by atoms with E-state index in [0.717, 1.165) is 32.1 Å². The first-order valence-electron chi connectivity index (χ1n) is 6.71. The van der Waals surface area contributed by atoms with Crippen molar-refractivity contribution in [1.82, 2.24) is 0 Å². The molecule has 1 N–H and O–H groups in total. The van der Waals surface area contributed by atoms with Gasteiger partial charge < -0.3 is 9.84 Å². The standard InChI is InChI=1S/C13H21Cl3O4/c1-2-3-4-5-6-7-10(12(18)19)8-11(17)20-9-13(14,15)16/h10H,2-9H2,1H3,(H,18,19). The Morgan fingerprint density at radius 2 is 1.75 bits per heavy atom. The molecular weight excluding hydrogens is 326 g/mol. The van der Waals surface area contributed by atoms with Crippen LogP contribution in [0, 0.1) is 5.92 Å². The zero-order valence-corrected chi connectivity index (χ0v) is 13.8. The van der Waals surface area contributed by atoms with Gasteiger partial charge in [0.25, 0.3) is 0 Å². The lowest BCUT2D eigenvalue weighted by Crippen LogP contribution is -2.22. The van der Waals surface area contributed by atoms with Crippen LogP contribution in [0.4, 0.5) is 0 Å². The fraction of sp³-hybridized carbons (Fsp3) is 0.846. The van der Waals surface area contributed by atoms with Gasteiger partial charge in [-0.15, -0.1) is 0 Å². The summed E-state index contributed by atoms with van der Waals surface area (Å²) in [5, 5.41) is 9.07. The fourth-order valence-electron chi connectivity index (χ4n) is 1.73. The predicted molar refractivity (Wildman–Crippen MR) is 80.4 cm³/mol. The van der Waals surface area contributed by atoms with E-state index in [1.54, 1.807) is 0 Å². The predicted octanol–water partition coefficient (Wildman–Crippen LogP) is 4.35. The summed E-state index contributed by atoms with van der Waals surface area (Å²) < 4.78 is 3.06. The third-order valence-electron chi connectivity index (χ3n) is 2.82. The van der Waals surface area contributed by atoms with Gasteiger partial charge in [0.05, 0.1) is 12.3 Å². The maximum Gasteiger partial charge on any atom is 0.307 e. The van der Waals surface area contributed by atoms with Gasteiger partial charge in [0, 0.05) is 0 Å². The highest BCUT2D eigenvalue weighted by molar-refractivity contribution is 6.67. The average Bonchev–Trinajstić information content (AvgIpc) is 2.33. The Morgan fingerprint density at radius 1 is 1.15 bits per heavy atom. The molecule has 0 fully saturated rings. The van der Waals surface area contributed by atoms with Crippen LogP contribution in [0.3, 0.4) is 0 Å². The summed E-state index contributed by atoms with van der Waals surface area (Å²) in [5.41, 5.74) is 0. The molecule has 20 heavy (non-hydrogen) atoms. The second-order valence-electron chi connectivity index (χ2n) is 4.72. The molecular formula is C13H21Cl3O4. The Labute approximate surface area is 134 Å². The van der Waals surface area contributed by atoms with Crippen LogP contribution < -0.4 is 0 Å². The van der Waals surface area contributed by atoms with Gasteiger partial charge in [-0.25, -0.2) is 0 Å². The van der Waals surface area contributed by atoms with E-state index < -0.39 is 21.6 Å². The number of esters is 1. The molecule has 0 spiro atoms. The molecule has 0 aromatic carbocycles. The number of alkyl halides is 3. The van der Waals surface area contributed by atoms with Crippen molar-refractivity contribution in [1.29, 1.82) is 0 Å². The zero-order chi connectivity index (χ0) is 15.6. The van der Waals surface area contributed by atoms with Crippen LogP contribution in [0.25, 0.3) is 0 Å². The van der Waals surface area contributed by atoms with E-state index in [9.17, 15) is 9.59 Å². The number of hydrogen-bond donors (Lipinski definition) is 1. The molecule has 1 unspecified atom stereocenters. The van der Waals surface area contributed by atoms with E-state index >= 15 is 0 Å². The summed E-state index contributed by atoms with van der Waals surface area (Å²) in [6.45, 7) is 1.74. The Morgan fingerprint density at radius 3 is 2.25 bits per heavy atom. The molecule has 0 bridgehead atoms. The maximum absolute atomic E-state index is 11.5. The van der Waals surface area contributed by atoms with Gasteiger partial charge in [-0.2, -0.15) is 0 Å². The summed E-state index contributed by atoms with van der Waals surface area (Å²) >= 11 is 16.3. The molecule has 0 aromatic rings. The lowest BCUT2D eigenvalue weighted by atomic mass is 9.97. The number of halogens is 3. The van der Waals surface area contributed by atoms with Gasteiger partial charge in [0.15, 0.2) is 0 Å². The van der Waals surface area contributed by atoms with Crippen LogP contribution in [0.1, 0.15) is 51.9 Å². The smallest absolute Gasteiger partial charge is 0.307 e. The summed E-state index contributed by atoms with van der Waals surface area (Å²) in [5.74, 6) is -2.39. The van der Waals surface area contributed by atoms with Crippen LogP contribution in [0.2, 0.25) is 0 Å². The van der Waals surface area contributed by atoms with E-state index in [1.807, 2.05) is 0 Å². The van der Waals surface area contributed by atoms with Crippen molar-refractivity contribution in [3.8, 4) is 0 Å².